The number of thioether (sulfide) groups is 1. The first-order chi connectivity index (χ1) is 4.31. The summed E-state index contributed by atoms with van der Waals surface area (Å²) in [5.74, 6) is 4.52. The molecule has 0 spiro atoms. The van der Waals surface area contributed by atoms with E-state index < -0.39 is 0 Å². The van der Waals surface area contributed by atoms with Crippen LogP contribution in [0.3, 0.4) is 0 Å². The molecule has 0 saturated carbocycles. The van der Waals surface area contributed by atoms with Gasteiger partial charge in [-0.25, -0.2) is 0 Å². The minimum Gasteiger partial charge on any atom is -1.00 e. The van der Waals surface area contributed by atoms with Crippen molar-refractivity contribution in [3.8, 4) is 0 Å². The molecule has 0 aromatic carbocycles. The third kappa shape index (κ3) is 1.30. The topological polar surface area (TPSA) is 0 Å². The van der Waals surface area contributed by atoms with Crippen LogP contribution in [0.5, 0.6) is 0 Å². The Morgan fingerprint density at radius 3 is 2.90 bits per heavy atom. The molecule has 0 amide bonds. The van der Waals surface area contributed by atoms with Crippen molar-refractivity contribution in [3.05, 3.63) is 0 Å². The summed E-state index contributed by atoms with van der Waals surface area (Å²) in [6.45, 7) is 2.47. The third-order valence-corrected chi connectivity index (χ3v) is 7.82. The normalized spacial score (nSPS) is 44.7. The maximum atomic E-state index is 2.47. The van der Waals surface area contributed by atoms with Gasteiger partial charge in [-0.15, -0.1) is 0 Å². The summed E-state index contributed by atoms with van der Waals surface area (Å²) in [6.07, 6.45) is 3.01. The number of hydrogen-bond acceptors (Lipinski definition) is 1. The van der Waals surface area contributed by atoms with Gasteiger partial charge in [0, 0.05) is 23.1 Å². The van der Waals surface area contributed by atoms with Gasteiger partial charge in [-0.3, -0.25) is 0 Å². The van der Waals surface area contributed by atoms with Crippen molar-refractivity contribution in [2.75, 3.05) is 17.3 Å². The molecule has 2 unspecified atom stereocenters. The molecule has 0 nitrogen and oxygen atoms in total. The monoisotopic (exact) mass is 196 g/mol. The molecule has 2 rings (SSSR count). The smallest absolute Gasteiger partial charge is 0.170 e. The van der Waals surface area contributed by atoms with Gasteiger partial charge in [0.1, 0.15) is 11.5 Å². The Bertz CT molecular complexity index is 117. The van der Waals surface area contributed by atoms with E-state index in [1.165, 1.54) is 24.3 Å². The molecular weight excluding hydrogens is 184 g/mol. The fraction of sp³-hybridized carbons (Fsp3) is 1.00. The summed E-state index contributed by atoms with van der Waals surface area (Å²) in [6, 6.07) is 0. The second-order valence-corrected chi connectivity index (χ2v) is 7.55. The van der Waals surface area contributed by atoms with Crippen LogP contribution in [0.2, 0.25) is 0 Å². The predicted molar refractivity (Wildman–Crippen MR) is 47.2 cm³/mol. The number of rotatable bonds is 0. The van der Waals surface area contributed by atoms with Crippen molar-refractivity contribution in [1.29, 1.82) is 0 Å². The Hall–Kier alpha value is 0.990. The number of hydrogen-bond donors (Lipinski definition) is 0. The van der Waals surface area contributed by atoms with Crippen LogP contribution in [0, 0.1) is 0 Å². The van der Waals surface area contributed by atoms with Crippen molar-refractivity contribution in [2.24, 2.45) is 0 Å². The minimum absolute atomic E-state index is 0. The molecule has 0 bridgehead atoms. The van der Waals surface area contributed by atoms with Crippen molar-refractivity contribution < 1.29 is 12.4 Å². The van der Waals surface area contributed by atoms with Crippen molar-refractivity contribution >= 4 is 22.7 Å². The molecule has 0 aliphatic carbocycles. The minimum atomic E-state index is 0. The zero-order chi connectivity index (χ0) is 6.32. The fourth-order valence-corrected chi connectivity index (χ4v) is 7.03. The van der Waals surface area contributed by atoms with Gasteiger partial charge in [0.2, 0.25) is 0 Å². The zero-order valence-corrected chi connectivity index (χ0v) is 8.62. The molecule has 0 N–H and O–H groups in total. The molecule has 2 atom stereocenters. The van der Waals surface area contributed by atoms with Crippen LogP contribution < -0.4 is 12.4 Å². The average Bonchev–Trinajstić information content (AvgIpc) is 2.22. The summed E-state index contributed by atoms with van der Waals surface area (Å²) in [7, 11) is 0.829. The molecule has 2 aliphatic rings. The molecule has 0 aromatic rings. The summed E-state index contributed by atoms with van der Waals surface area (Å²) < 4.78 is 0.750. The quantitative estimate of drug-likeness (QED) is 0.442. The van der Waals surface area contributed by atoms with Gasteiger partial charge in [-0.2, -0.15) is 0 Å². The average molecular weight is 197 g/mol. The van der Waals surface area contributed by atoms with Gasteiger partial charge in [0.25, 0.3) is 0 Å². The number of fused-ring (bicyclic) bond motifs is 1. The van der Waals surface area contributed by atoms with E-state index in [0.717, 1.165) is 15.0 Å². The van der Waals surface area contributed by atoms with E-state index in [1.54, 1.807) is 5.75 Å². The van der Waals surface area contributed by atoms with E-state index in [-0.39, 0.29) is 12.4 Å². The van der Waals surface area contributed by atoms with Gasteiger partial charge in [-0.05, 0) is 13.3 Å². The standard InChI is InChI=1S/C7H13S2.ClH/c1-7-3-2-5-9(7)6-4-8-7;/h2-6H2,1H3;1H/q+1;/p-1. The second-order valence-electron chi connectivity index (χ2n) is 2.99. The van der Waals surface area contributed by atoms with Gasteiger partial charge in [0.15, 0.2) is 4.08 Å². The van der Waals surface area contributed by atoms with E-state index >= 15 is 0 Å². The van der Waals surface area contributed by atoms with E-state index in [4.69, 9.17) is 0 Å². The Balaban J connectivity index is 0.000000500. The molecule has 60 valence electrons. The first-order valence-electron chi connectivity index (χ1n) is 3.63. The molecule has 2 aliphatic heterocycles. The molecule has 0 radical (unpaired) electrons. The molecule has 0 aromatic heterocycles. The highest BCUT2D eigenvalue weighted by Crippen LogP contribution is 2.47. The molecule has 2 saturated heterocycles. The van der Waals surface area contributed by atoms with Gasteiger partial charge in [-0.1, -0.05) is 11.8 Å². The van der Waals surface area contributed by atoms with Crippen LogP contribution in [-0.2, 0) is 10.9 Å². The summed E-state index contributed by atoms with van der Waals surface area (Å²) in [4.78, 5) is 0. The lowest BCUT2D eigenvalue weighted by atomic mass is 10.3. The largest absolute Gasteiger partial charge is 1.00 e. The first-order valence-corrected chi connectivity index (χ1v) is 6.18. The highest BCUT2D eigenvalue weighted by molar-refractivity contribution is 8.20. The Kier molecular flexibility index (Phi) is 2.87. The van der Waals surface area contributed by atoms with Crippen LogP contribution in [0.25, 0.3) is 0 Å². The number of halogens is 1. The molecule has 10 heavy (non-hydrogen) atoms. The summed E-state index contributed by atoms with van der Waals surface area (Å²) >= 11 is 2.23. The second kappa shape index (κ2) is 3.16. The van der Waals surface area contributed by atoms with Gasteiger partial charge >= 0.3 is 0 Å². The Morgan fingerprint density at radius 2 is 2.20 bits per heavy atom. The first kappa shape index (κ1) is 9.08. The van der Waals surface area contributed by atoms with E-state index in [2.05, 4.69) is 18.7 Å². The van der Waals surface area contributed by atoms with E-state index in [0.29, 0.717) is 0 Å². The summed E-state index contributed by atoms with van der Waals surface area (Å²) in [5.41, 5.74) is 0. The predicted octanol–water partition coefficient (Wildman–Crippen LogP) is -1.13. The highest BCUT2D eigenvalue weighted by Gasteiger charge is 2.51. The maximum absolute atomic E-state index is 2.47. The molecule has 3 heteroatoms. The Labute approximate surface area is 76.3 Å². The van der Waals surface area contributed by atoms with Crippen molar-refractivity contribution in [2.45, 2.75) is 23.8 Å². The van der Waals surface area contributed by atoms with Gasteiger partial charge in [0.05, 0.1) is 0 Å². The van der Waals surface area contributed by atoms with Crippen LogP contribution in [0.1, 0.15) is 19.8 Å². The van der Waals surface area contributed by atoms with Crippen LogP contribution >= 0.6 is 11.8 Å². The highest BCUT2D eigenvalue weighted by atomic mass is 35.5. The summed E-state index contributed by atoms with van der Waals surface area (Å²) in [5, 5.41) is 0. The van der Waals surface area contributed by atoms with Crippen LogP contribution in [0.15, 0.2) is 0 Å². The van der Waals surface area contributed by atoms with Crippen molar-refractivity contribution in [1.82, 2.24) is 0 Å². The lowest BCUT2D eigenvalue weighted by Crippen LogP contribution is -3.00. The maximum Gasteiger partial charge on any atom is 0.170 e. The lowest BCUT2D eigenvalue weighted by molar-refractivity contribution is -0.00000183. The van der Waals surface area contributed by atoms with E-state index in [9.17, 15) is 0 Å². The zero-order valence-electron chi connectivity index (χ0n) is 6.23. The molecule has 2 heterocycles. The van der Waals surface area contributed by atoms with Gasteiger partial charge < -0.3 is 12.4 Å². The molecule has 2 fully saturated rings. The molecular formula is C7H13ClS2. The SMILES string of the molecule is CC12CCC[S+]1CCS2.[Cl-]. The third-order valence-electron chi connectivity index (χ3n) is 2.37. The van der Waals surface area contributed by atoms with E-state index in [1.807, 2.05) is 0 Å². The van der Waals surface area contributed by atoms with Crippen molar-refractivity contribution in [3.63, 3.8) is 0 Å². The van der Waals surface area contributed by atoms with Crippen LogP contribution in [-0.4, -0.2) is 21.3 Å². The van der Waals surface area contributed by atoms with Crippen LogP contribution in [0.4, 0.5) is 0 Å². The Morgan fingerprint density at radius 1 is 1.40 bits per heavy atom. The lowest BCUT2D eigenvalue weighted by Gasteiger charge is -2.12. The fourth-order valence-electron chi connectivity index (χ4n) is 1.76.